The van der Waals surface area contributed by atoms with Crippen LogP contribution < -0.4 is 5.32 Å². The van der Waals surface area contributed by atoms with E-state index in [1.807, 2.05) is 25.1 Å². The average Bonchev–Trinajstić information content (AvgIpc) is 3.20. The molecule has 4 rings (SSSR count). The molecule has 138 valence electrons. The van der Waals surface area contributed by atoms with Crippen LogP contribution in [-0.2, 0) is 11.5 Å². The average molecular weight is 402 g/mol. The van der Waals surface area contributed by atoms with Gasteiger partial charge < -0.3 is 5.32 Å². The maximum atomic E-state index is 13.3. The van der Waals surface area contributed by atoms with Crippen LogP contribution in [0.4, 0.5) is 10.2 Å². The first kappa shape index (κ1) is 18.1. The number of benzene rings is 2. The molecular formula is C20H17ClFN3OS. The largest absolute Gasteiger partial charge is 0.306 e. The fraction of sp³-hybridized carbons (Fsp3) is 0.200. The number of aryl methyl sites for hydroxylation is 2. The Morgan fingerprint density at radius 1 is 1.19 bits per heavy atom. The molecule has 0 saturated heterocycles. The van der Waals surface area contributed by atoms with Crippen molar-refractivity contribution >= 4 is 35.1 Å². The lowest BCUT2D eigenvalue weighted by molar-refractivity contribution is 0.102. The summed E-state index contributed by atoms with van der Waals surface area (Å²) < 4.78 is 15.1. The Morgan fingerprint density at radius 2 is 2.00 bits per heavy atom. The lowest BCUT2D eigenvalue weighted by Crippen LogP contribution is -2.17. The molecule has 4 nitrogen and oxygen atoms in total. The van der Waals surface area contributed by atoms with Crippen LogP contribution in [-0.4, -0.2) is 15.7 Å². The van der Waals surface area contributed by atoms with Gasteiger partial charge in [-0.3, -0.25) is 4.79 Å². The second-order valence-electron chi connectivity index (χ2n) is 6.53. The van der Waals surface area contributed by atoms with Crippen LogP contribution in [0.3, 0.4) is 0 Å². The Balaban J connectivity index is 1.75. The van der Waals surface area contributed by atoms with Gasteiger partial charge in [0.2, 0.25) is 0 Å². The SMILES string of the molecule is Cc1ccc(-n2nc3c(c2NC(=O)c2ccc(F)cc2Cl)CSC3)cc1C. The second kappa shape index (κ2) is 7.02. The van der Waals surface area contributed by atoms with Crippen LogP contribution in [0.2, 0.25) is 5.02 Å². The van der Waals surface area contributed by atoms with Crippen molar-refractivity contribution in [3.8, 4) is 5.69 Å². The topological polar surface area (TPSA) is 46.9 Å². The maximum Gasteiger partial charge on any atom is 0.258 e. The van der Waals surface area contributed by atoms with E-state index < -0.39 is 5.82 Å². The van der Waals surface area contributed by atoms with Crippen molar-refractivity contribution in [3.05, 3.63) is 75.2 Å². The van der Waals surface area contributed by atoms with Gasteiger partial charge in [-0.1, -0.05) is 17.7 Å². The summed E-state index contributed by atoms with van der Waals surface area (Å²) in [6, 6.07) is 9.82. The molecule has 0 spiro atoms. The quantitative estimate of drug-likeness (QED) is 0.649. The summed E-state index contributed by atoms with van der Waals surface area (Å²) in [5.41, 5.74) is 5.45. The number of thioether (sulfide) groups is 1. The Morgan fingerprint density at radius 3 is 2.74 bits per heavy atom. The molecule has 0 radical (unpaired) electrons. The molecule has 27 heavy (non-hydrogen) atoms. The van der Waals surface area contributed by atoms with Crippen molar-refractivity contribution in [1.29, 1.82) is 0 Å². The zero-order valence-corrected chi connectivity index (χ0v) is 16.4. The summed E-state index contributed by atoms with van der Waals surface area (Å²) in [6.45, 7) is 4.10. The minimum absolute atomic E-state index is 0.0794. The predicted octanol–water partition coefficient (Wildman–Crippen LogP) is 5.28. The monoisotopic (exact) mass is 401 g/mol. The van der Waals surface area contributed by atoms with Crippen molar-refractivity contribution in [2.75, 3.05) is 5.32 Å². The van der Waals surface area contributed by atoms with Crippen molar-refractivity contribution in [3.63, 3.8) is 0 Å². The third kappa shape index (κ3) is 3.35. The molecule has 0 saturated carbocycles. The number of carbonyl (C=O) groups excluding carboxylic acids is 1. The lowest BCUT2D eigenvalue weighted by atomic mass is 10.1. The van der Waals surface area contributed by atoms with E-state index in [0.29, 0.717) is 5.82 Å². The Kier molecular flexibility index (Phi) is 4.70. The molecule has 0 bridgehead atoms. The van der Waals surface area contributed by atoms with Gasteiger partial charge in [-0.25, -0.2) is 9.07 Å². The number of amides is 1. The molecule has 7 heteroatoms. The van der Waals surface area contributed by atoms with Crippen LogP contribution in [0.25, 0.3) is 5.69 Å². The Bertz CT molecular complexity index is 1060. The number of nitrogens with zero attached hydrogens (tertiary/aromatic N) is 2. The second-order valence-corrected chi connectivity index (χ2v) is 7.92. The van der Waals surface area contributed by atoms with E-state index in [1.54, 1.807) is 16.4 Å². The normalized spacial score (nSPS) is 12.9. The van der Waals surface area contributed by atoms with Crippen molar-refractivity contribution in [1.82, 2.24) is 9.78 Å². The highest BCUT2D eigenvalue weighted by atomic mass is 35.5. The van der Waals surface area contributed by atoms with E-state index in [1.165, 1.54) is 17.7 Å². The van der Waals surface area contributed by atoms with Crippen molar-refractivity contribution < 1.29 is 9.18 Å². The highest BCUT2D eigenvalue weighted by Gasteiger charge is 2.25. The Hall–Kier alpha value is -2.31. The predicted molar refractivity (Wildman–Crippen MR) is 107 cm³/mol. The summed E-state index contributed by atoms with van der Waals surface area (Å²) in [6.07, 6.45) is 0. The number of carbonyl (C=O) groups is 1. The Labute approximate surface area is 165 Å². The number of rotatable bonds is 3. The standard InChI is InChI=1S/C20H17ClFN3OS/c1-11-3-5-14(7-12(11)2)25-19(16-9-27-10-18(16)24-25)23-20(26)15-6-4-13(22)8-17(15)21/h3-8H,9-10H2,1-2H3,(H,23,26). The third-order valence-electron chi connectivity index (χ3n) is 4.69. The van der Waals surface area contributed by atoms with Gasteiger partial charge in [0.25, 0.3) is 5.91 Å². The van der Waals surface area contributed by atoms with Crippen molar-refractivity contribution in [2.24, 2.45) is 0 Å². The van der Waals surface area contributed by atoms with Gasteiger partial charge in [0.15, 0.2) is 0 Å². The summed E-state index contributed by atoms with van der Waals surface area (Å²) in [7, 11) is 0. The van der Waals surface area contributed by atoms with E-state index in [-0.39, 0.29) is 16.5 Å². The van der Waals surface area contributed by atoms with Gasteiger partial charge in [-0.15, -0.1) is 0 Å². The lowest BCUT2D eigenvalue weighted by Gasteiger charge is -2.13. The van der Waals surface area contributed by atoms with Crippen LogP contribution >= 0.6 is 23.4 Å². The molecule has 0 fully saturated rings. The van der Waals surface area contributed by atoms with Gasteiger partial charge >= 0.3 is 0 Å². The molecule has 1 aliphatic rings. The molecule has 0 unspecified atom stereocenters. The van der Waals surface area contributed by atoms with E-state index >= 15 is 0 Å². The van der Waals surface area contributed by atoms with Gasteiger partial charge in [-0.2, -0.15) is 16.9 Å². The molecule has 1 aliphatic heterocycles. The molecule has 1 N–H and O–H groups in total. The highest BCUT2D eigenvalue weighted by Crippen LogP contribution is 2.36. The zero-order valence-electron chi connectivity index (χ0n) is 14.8. The van der Waals surface area contributed by atoms with Crippen LogP contribution in [0, 0.1) is 19.7 Å². The number of aromatic nitrogens is 2. The molecule has 2 heterocycles. The number of nitrogens with one attached hydrogen (secondary N) is 1. The van der Waals surface area contributed by atoms with Gasteiger partial charge in [0.05, 0.1) is 22.0 Å². The molecule has 2 aromatic carbocycles. The first-order valence-corrected chi connectivity index (χ1v) is 10.00. The molecular weight excluding hydrogens is 385 g/mol. The van der Waals surface area contributed by atoms with E-state index in [0.717, 1.165) is 40.1 Å². The number of hydrogen-bond donors (Lipinski definition) is 1. The molecule has 1 amide bonds. The third-order valence-corrected chi connectivity index (χ3v) is 5.98. The number of halogens is 2. The molecule has 0 aliphatic carbocycles. The summed E-state index contributed by atoms with van der Waals surface area (Å²) in [5, 5.41) is 7.72. The number of hydrogen-bond acceptors (Lipinski definition) is 3. The van der Waals surface area contributed by atoms with E-state index in [4.69, 9.17) is 16.7 Å². The first-order valence-electron chi connectivity index (χ1n) is 8.46. The number of fused-ring (bicyclic) bond motifs is 1. The van der Waals surface area contributed by atoms with E-state index in [2.05, 4.69) is 12.2 Å². The van der Waals surface area contributed by atoms with Crippen LogP contribution in [0.1, 0.15) is 32.7 Å². The maximum absolute atomic E-state index is 13.3. The van der Waals surface area contributed by atoms with Gasteiger partial charge in [0, 0.05) is 17.1 Å². The zero-order chi connectivity index (χ0) is 19.1. The number of anilines is 1. The fourth-order valence-corrected chi connectivity index (χ4v) is 4.32. The van der Waals surface area contributed by atoms with Gasteiger partial charge in [-0.05, 0) is 55.3 Å². The molecule has 3 aromatic rings. The summed E-state index contributed by atoms with van der Waals surface area (Å²) in [5.74, 6) is 1.38. The smallest absolute Gasteiger partial charge is 0.258 e. The van der Waals surface area contributed by atoms with Crippen LogP contribution in [0.15, 0.2) is 36.4 Å². The minimum atomic E-state index is -0.478. The van der Waals surface area contributed by atoms with Gasteiger partial charge in [0.1, 0.15) is 11.6 Å². The molecule has 0 atom stereocenters. The minimum Gasteiger partial charge on any atom is -0.306 e. The first-order chi connectivity index (χ1) is 12.9. The van der Waals surface area contributed by atoms with E-state index in [9.17, 15) is 9.18 Å². The summed E-state index contributed by atoms with van der Waals surface area (Å²) in [4.78, 5) is 12.8. The highest BCUT2D eigenvalue weighted by molar-refractivity contribution is 7.98. The van der Waals surface area contributed by atoms with Crippen molar-refractivity contribution in [2.45, 2.75) is 25.4 Å². The fourth-order valence-electron chi connectivity index (χ4n) is 3.03. The molecule has 1 aromatic heterocycles. The summed E-state index contributed by atoms with van der Waals surface area (Å²) >= 11 is 7.81. The van der Waals surface area contributed by atoms with Crippen LogP contribution in [0.5, 0.6) is 0 Å².